The van der Waals surface area contributed by atoms with Crippen molar-refractivity contribution in [2.75, 3.05) is 37.7 Å². The van der Waals surface area contributed by atoms with Gasteiger partial charge < -0.3 is 24.8 Å². The van der Waals surface area contributed by atoms with Gasteiger partial charge in [-0.25, -0.2) is 9.38 Å². The number of aliphatic imine (C=N–C) groups is 1. The van der Waals surface area contributed by atoms with Crippen LogP contribution in [0.5, 0.6) is 0 Å². The molecule has 10 heteroatoms. The van der Waals surface area contributed by atoms with Gasteiger partial charge in [-0.3, -0.25) is 0 Å². The highest BCUT2D eigenvalue weighted by molar-refractivity contribution is 14.0. The SMILES string of the molecule is CCOCCCNC(=NCc1nnc(C)n1C)NC1CCCN(c2ccc(F)cc2C)C1.I. The predicted molar refractivity (Wildman–Crippen MR) is 141 cm³/mol. The number of anilines is 1. The highest BCUT2D eigenvalue weighted by atomic mass is 127. The minimum absolute atomic E-state index is 0. The molecule has 0 saturated carbocycles. The first kappa shape index (κ1) is 27.3. The zero-order valence-corrected chi connectivity index (χ0v) is 22.4. The Morgan fingerprint density at radius 2 is 2.12 bits per heavy atom. The molecule has 0 aliphatic carbocycles. The molecule has 1 atom stereocenters. The van der Waals surface area contributed by atoms with Crippen LogP contribution in [0.4, 0.5) is 10.1 Å². The van der Waals surface area contributed by atoms with Crippen molar-refractivity contribution in [2.24, 2.45) is 12.0 Å². The Hall–Kier alpha value is -1.95. The van der Waals surface area contributed by atoms with Gasteiger partial charge in [0.05, 0.1) is 0 Å². The molecule has 184 valence electrons. The predicted octanol–water partition coefficient (Wildman–Crippen LogP) is 3.32. The molecular formula is C23H37FIN7O. The summed E-state index contributed by atoms with van der Waals surface area (Å²) in [6, 6.07) is 5.26. The van der Waals surface area contributed by atoms with Crippen LogP contribution in [0.25, 0.3) is 0 Å². The number of halogens is 2. The van der Waals surface area contributed by atoms with Crippen LogP contribution in [0.2, 0.25) is 0 Å². The number of benzene rings is 1. The molecule has 2 heterocycles. The lowest BCUT2D eigenvalue weighted by Gasteiger charge is -2.36. The Morgan fingerprint density at radius 1 is 1.30 bits per heavy atom. The molecule has 1 aliphatic rings. The summed E-state index contributed by atoms with van der Waals surface area (Å²) in [4.78, 5) is 7.10. The number of hydrogen-bond acceptors (Lipinski definition) is 5. The van der Waals surface area contributed by atoms with E-state index >= 15 is 0 Å². The van der Waals surface area contributed by atoms with Crippen molar-refractivity contribution in [2.45, 2.75) is 52.6 Å². The third kappa shape index (κ3) is 8.09. The Bertz CT molecular complexity index is 905. The maximum absolute atomic E-state index is 13.5. The smallest absolute Gasteiger partial charge is 0.191 e. The van der Waals surface area contributed by atoms with Crippen molar-refractivity contribution < 1.29 is 9.13 Å². The van der Waals surface area contributed by atoms with E-state index in [1.54, 1.807) is 6.07 Å². The molecule has 1 aliphatic heterocycles. The minimum Gasteiger partial charge on any atom is -0.382 e. The molecule has 33 heavy (non-hydrogen) atoms. The second-order valence-corrected chi connectivity index (χ2v) is 8.22. The van der Waals surface area contributed by atoms with Gasteiger partial charge in [0.15, 0.2) is 11.8 Å². The van der Waals surface area contributed by atoms with E-state index in [4.69, 9.17) is 9.73 Å². The lowest BCUT2D eigenvalue weighted by molar-refractivity contribution is 0.145. The van der Waals surface area contributed by atoms with Gasteiger partial charge >= 0.3 is 0 Å². The normalized spacial score (nSPS) is 16.5. The summed E-state index contributed by atoms with van der Waals surface area (Å²) < 4.78 is 20.9. The zero-order chi connectivity index (χ0) is 22.9. The van der Waals surface area contributed by atoms with E-state index in [-0.39, 0.29) is 35.8 Å². The second-order valence-electron chi connectivity index (χ2n) is 8.22. The van der Waals surface area contributed by atoms with E-state index < -0.39 is 0 Å². The average molecular weight is 573 g/mol. The third-order valence-electron chi connectivity index (χ3n) is 5.79. The first-order valence-corrected chi connectivity index (χ1v) is 11.5. The van der Waals surface area contributed by atoms with Gasteiger partial charge in [0.2, 0.25) is 0 Å². The van der Waals surface area contributed by atoms with Crippen LogP contribution in [0.3, 0.4) is 0 Å². The third-order valence-corrected chi connectivity index (χ3v) is 5.79. The van der Waals surface area contributed by atoms with Crippen molar-refractivity contribution in [1.29, 1.82) is 0 Å². The highest BCUT2D eigenvalue weighted by Crippen LogP contribution is 2.24. The molecule has 0 spiro atoms. The Labute approximate surface area is 213 Å². The summed E-state index contributed by atoms with van der Waals surface area (Å²) >= 11 is 0. The van der Waals surface area contributed by atoms with Gasteiger partial charge in [-0.1, -0.05) is 0 Å². The zero-order valence-electron chi connectivity index (χ0n) is 20.1. The molecular weight excluding hydrogens is 536 g/mol. The van der Waals surface area contributed by atoms with Crippen molar-refractivity contribution in [1.82, 2.24) is 25.4 Å². The highest BCUT2D eigenvalue weighted by Gasteiger charge is 2.22. The number of nitrogens with one attached hydrogen (secondary N) is 2. The maximum atomic E-state index is 13.5. The quantitative estimate of drug-likeness (QED) is 0.208. The first-order valence-electron chi connectivity index (χ1n) is 11.5. The molecule has 2 aromatic rings. The molecule has 3 rings (SSSR count). The summed E-state index contributed by atoms with van der Waals surface area (Å²) in [5, 5.41) is 15.4. The summed E-state index contributed by atoms with van der Waals surface area (Å²) in [6.07, 6.45) is 3.03. The largest absolute Gasteiger partial charge is 0.382 e. The average Bonchev–Trinajstić information content (AvgIpc) is 3.09. The van der Waals surface area contributed by atoms with Gasteiger partial charge in [-0.2, -0.15) is 0 Å². The number of rotatable bonds is 9. The second kappa shape index (κ2) is 13.7. The van der Waals surface area contributed by atoms with E-state index in [0.717, 1.165) is 81.0 Å². The number of nitrogens with zero attached hydrogens (tertiary/aromatic N) is 5. The monoisotopic (exact) mass is 573 g/mol. The molecule has 1 aromatic heterocycles. The number of piperidine rings is 1. The van der Waals surface area contributed by atoms with Crippen LogP contribution in [-0.2, 0) is 18.3 Å². The minimum atomic E-state index is -0.192. The molecule has 0 radical (unpaired) electrons. The van der Waals surface area contributed by atoms with Gasteiger partial charge in [0, 0.05) is 51.6 Å². The van der Waals surface area contributed by atoms with Crippen molar-refractivity contribution >= 4 is 35.6 Å². The van der Waals surface area contributed by atoms with Crippen molar-refractivity contribution in [3.05, 3.63) is 41.2 Å². The first-order chi connectivity index (χ1) is 15.5. The summed E-state index contributed by atoms with van der Waals surface area (Å²) in [5.74, 6) is 2.27. The van der Waals surface area contributed by atoms with Crippen LogP contribution in [0.15, 0.2) is 23.2 Å². The maximum Gasteiger partial charge on any atom is 0.191 e. The molecule has 0 bridgehead atoms. The van der Waals surface area contributed by atoms with Crippen LogP contribution >= 0.6 is 24.0 Å². The van der Waals surface area contributed by atoms with Crippen LogP contribution in [-0.4, -0.2) is 59.6 Å². The van der Waals surface area contributed by atoms with E-state index in [0.29, 0.717) is 6.54 Å². The van der Waals surface area contributed by atoms with E-state index in [1.807, 2.05) is 38.5 Å². The van der Waals surface area contributed by atoms with Crippen molar-refractivity contribution in [3.63, 3.8) is 0 Å². The van der Waals surface area contributed by atoms with Gasteiger partial charge in [-0.05, 0) is 63.8 Å². The van der Waals surface area contributed by atoms with E-state index in [2.05, 4.69) is 25.7 Å². The van der Waals surface area contributed by atoms with Crippen LogP contribution in [0.1, 0.15) is 43.4 Å². The molecule has 1 unspecified atom stereocenters. The standard InChI is InChI=1S/C23H36FN7O.HI/c1-5-32-13-7-11-25-23(26-15-22-29-28-18(3)30(22)4)27-20-8-6-12-31(16-20)21-10-9-19(24)14-17(21)2;/h9-10,14,20H,5-8,11-13,15-16H2,1-4H3,(H2,25,26,27);1H. The topological polar surface area (TPSA) is 79.6 Å². The van der Waals surface area contributed by atoms with Gasteiger partial charge in [0.1, 0.15) is 18.2 Å². The number of guanidine groups is 1. The molecule has 1 fully saturated rings. The Morgan fingerprint density at radius 3 is 2.82 bits per heavy atom. The van der Waals surface area contributed by atoms with E-state index in [1.165, 1.54) is 6.07 Å². The molecule has 1 saturated heterocycles. The molecule has 1 aromatic carbocycles. The fraction of sp³-hybridized carbons (Fsp3) is 0.609. The van der Waals surface area contributed by atoms with Crippen LogP contribution in [0, 0.1) is 19.7 Å². The van der Waals surface area contributed by atoms with Gasteiger partial charge in [-0.15, -0.1) is 34.2 Å². The molecule has 2 N–H and O–H groups in total. The fourth-order valence-corrected chi connectivity index (χ4v) is 3.90. The van der Waals surface area contributed by atoms with Crippen LogP contribution < -0.4 is 15.5 Å². The van der Waals surface area contributed by atoms with E-state index in [9.17, 15) is 4.39 Å². The fourth-order valence-electron chi connectivity index (χ4n) is 3.90. The van der Waals surface area contributed by atoms with Crippen molar-refractivity contribution in [3.8, 4) is 0 Å². The lowest BCUT2D eigenvalue weighted by atomic mass is 10.0. The van der Waals surface area contributed by atoms with Gasteiger partial charge in [0.25, 0.3) is 0 Å². The summed E-state index contributed by atoms with van der Waals surface area (Å²) in [7, 11) is 1.95. The summed E-state index contributed by atoms with van der Waals surface area (Å²) in [5.41, 5.74) is 2.06. The summed E-state index contributed by atoms with van der Waals surface area (Å²) in [6.45, 7) is 10.4. The number of aromatic nitrogens is 3. The lowest BCUT2D eigenvalue weighted by Crippen LogP contribution is -2.51. The molecule has 8 nitrogen and oxygen atoms in total. The Kier molecular flexibility index (Phi) is 11.3. The number of hydrogen-bond donors (Lipinski definition) is 2. The number of ether oxygens (including phenoxy) is 1. The molecule has 0 amide bonds. The number of aryl methyl sites for hydroxylation is 2. The Balaban J connectivity index is 0.00000385.